The van der Waals surface area contributed by atoms with Gasteiger partial charge in [0.25, 0.3) is 0 Å². The van der Waals surface area contributed by atoms with Crippen LogP contribution in [0.2, 0.25) is 0 Å². The molecule has 2 aliphatic rings. The second kappa shape index (κ2) is 5.05. The third-order valence-electron chi connectivity index (χ3n) is 4.99. The third-order valence-corrected chi connectivity index (χ3v) is 4.99. The van der Waals surface area contributed by atoms with Crippen LogP contribution in [0.5, 0.6) is 0 Å². The van der Waals surface area contributed by atoms with Gasteiger partial charge in [-0.05, 0) is 45.1 Å². The molecule has 0 heterocycles. The summed E-state index contributed by atoms with van der Waals surface area (Å²) in [5.41, 5.74) is 0.375. The molecule has 3 atom stereocenters. The molecule has 1 N–H and O–H groups in total. The lowest BCUT2D eigenvalue weighted by molar-refractivity contribution is -0.126. The average molecular weight is 225 g/mol. The van der Waals surface area contributed by atoms with Crippen LogP contribution in [-0.2, 0) is 4.74 Å². The summed E-state index contributed by atoms with van der Waals surface area (Å²) in [5.74, 6) is 0.965. The van der Waals surface area contributed by atoms with Crippen LogP contribution in [-0.4, -0.2) is 25.3 Å². The topological polar surface area (TPSA) is 21.3 Å². The Hall–Kier alpha value is -0.0800. The van der Waals surface area contributed by atoms with Crippen molar-refractivity contribution in [3.63, 3.8) is 0 Å². The van der Waals surface area contributed by atoms with Crippen molar-refractivity contribution in [2.45, 2.75) is 65.0 Å². The molecule has 2 aliphatic carbocycles. The molecule has 94 valence electrons. The first-order chi connectivity index (χ1) is 7.70. The van der Waals surface area contributed by atoms with Crippen LogP contribution in [0.3, 0.4) is 0 Å². The van der Waals surface area contributed by atoms with Gasteiger partial charge in [-0.15, -0.1) is 0 Å². The van der Waals surface area contributed by atoms with Crippen LogP contribution >= 0.6 is 0 Å². The van der Waals surface area contributed by atoms with E-state index in [2.05, 4.69) is 26.1 Å². The zero-order chi connectivity index (χ0) is 11.6. The Kier molecular flexibility index (Phi) is 3.91. The highest BCUT2D eigenvalue weighted by molar-refractivity contribution is 5.04. The van der Waals surface area contributed by atoms with Crippen molar-refractivity contribution >= 4 is 0 Å². The first-order valence-corrected chi connectivity index (χ1v) is 7.05. The van der Waals surface area contributed by atoms with Crippen molar-refractivity contribution in [3.8, 4) is 0 Å². The standard InChI is InChI=1S/C14H27NO/c1-4-14(3)12(9-13(14)16-5-2)15-10-11-7-6-8-11/h11-13,15H,4-10H2,1-3H3. The molecule has 0 aromatic heterocycles. The molecule has 2 nitrogen and oxygen atoms in total. The van der Waals surface area contributed by atoms with Crippen LogP contribution in [0.25, 0.3) is 0 Å². The molecular formula is C14H27NO. The van der Waals surface area contributed by atoms with E-state index < -0.39 is 0 Å². The highest BCUT2D eigenvalue weighted by Crippen LogP contribution is 2.46. The molecular weight excluding hydrogens is 198 g/mol. The Balaban J connectivity index is 1.77. The normalized spacial score (nSPS) is 39.2. The van der Waals surface area contributed by atoms with E-state index in [1.165, 1.54) is 38.6 Å². The Morgan fingerprint density at radius 3 is 2.56 bits per heavy atom. The SMILES string of the molecule is CCOC1CC(NCC2CCC2)C1(C)CC. The fourth-order valence-electron chi connectivity index (χ4n) is 3.07. The lowest BCUT2D eigenvalue weighted by Crippen LogP contribution is -2.62. The molecule has 3 unspecified atom stereocenters. The summed E-state index contributed by atoms with van der Waals surface area (Å²) in [6.07, 6.45) is 7.25. The van der Waals surface area contributed by atoms with Crippen LogP contribution in [0.4, 0.5) is 0 Å². The van der Waals surface area contributed by atoms with E-state index in [0.717, 1.165) is 12.5 Å². The van der Waals surface area contributed by atoms with Crippen LogP contribution in [0.15, 0.2) is 0 Å². The molecule has 2 rings (SSSR count). The maximum Gasteiger partial charge on any atom is 0.0658 e. The van der Waals surface area contributed by atoms with E-state index in [1.807, 2.05) is 0 Å². The molecule has 0 aromatic rings. The maximum atomic E-state index is 5.82. The molecule has 0 spiro atoms. The lowest BCUT2D eigenvalue weighted by Gasteiger charge is -2.54. The van der Waals surface area contributed by atoms with Crippen molar-refractivity contribution in [2.24, 2.45) is 11.3 Å². The average Bonchev–Trinajstić information content (AvgIpc) is 2.23. The minimum Gasteiger partial charge on any atom is -0.378 e. The molecule has 0 aromatic carbocycles. The smallest absolute Gasteiger partial charge is 0.0658 e. The Morgan fingerprint density at radius 2 is 2.06 bits per heavy atom. The van der Waals surface area contributed by atoms with E-state index in [9.17, 15) is 0 Å². The van der Waals surface area contributed by atoms with Gasteiger partial charge in [0.2, 0.25) is 0 Å². The van der Waals surface area contributed by atoms with Crippen molar-refractivity contribution < 1.29 is 4.74 Å². The van der Waals surface area contributed by atoms with Gasteiger partial charge in [-0.1, -0.05) is 20.3 Å². The van der Waals surface area contributed by atoms with Crippen molar-refractivity contribution in [2.75, 3.05) is 13.2 Å². The molecule has 0 amide bonds. The van der Waals surface area contributed by atoms with Gasteiger partial charge in [0.15, 0.2) is 0 Å². The highest BCUT2D eigenvalue weighted by atomic mass is 16.5. The quantitative estimate of drug-likeness (QED) is 0.750. The fourth-order valence-corrected chi connectivity index (χ4v) is 3.07. The minimum atomic E-state index is 0.375. The summed E-state index contributed by atoms with van der Waals surface area (Å²) in [6, 6.07) is 0.689. The second-order valence-corrected chi connectivity index (χ2v) is 5.80. The largest absolute Gasteiger partial charge is 0.378 e. The van der Waals surface area contributed by atoms with Crippen molar-refractivity contribution in [1.29, 1.82) is 0 Å². The van der Waals surface area contributed by atoms with Crippen LogP contribution in [0.1, 0.15) is 52.9 Å². The Labute approximate surface area is 100 Å². The van der Waals surface area contributed by atoms with Gasteiger partial charge in [-0.25, -0.2) is 0 Å². The fraction of sp³-hybridized carbons (Fsp3) is 1.00. The van der Waals surface area contributed by atoms with E-state index >= 15 is 0 Å². The Bertz CT molecular complexity index is 227. The predicted octanol–water partition coefficient (Wildman–Crippen LogP) is 2.97. The number of rotatable bonds is 6. The second-order valence-electron chi connectivity index (χ2n) is 5.80. The summed E-state index contributed by atoms with van der Waals surface area (Å²) in [4.78, 5) is 0. The van der Waals surface area contributed by atoms with Crippen LogP contribution < -0.4 is 5.32 Å². The molecule has 2 fully saturated rings. The molecule has 2 saturated carbocycles. The van der Waals surface area contributed by atoms with Crippen LogP contribution in [0, 0.1) is 11.3 Å². The molecule has 0 saturated heterocycles. The summed E-state index contributed by atoms with van der Waals surface area (Å²) >= 11 is 0. The highest BCUT2D eigenvalue weighted by Gasteiger charge is 2.50. The lowest BCUT2D eigenvalue weighted by atomic mass is 9.61. The number of ether oxygens (including phenoxy) is 1. The van der Waals surface area contributed by atoms with Crippen molar-refractivity contribution in [3.05, 3.63) is 0 Å². The Morgan fingerprint density at radius 1 is 1.31 bits per heavy atom. The van der Waals surface area contributed by atoms with Gasteiger partial charge in [-0.3, -0.25) is 0 Å². The zero-order valence-electron chi connectivity index (χ0n) is 11.1. The van der Waals surface area contributed by atoms with Gasteiger partial charge in [-0.2, -0.15) is 0 Å². The molecule has 0 bridgehead atoms. The summed E-state index contributed by atoms with van der Waals surface area (Å²) in [5, 5.41) is 3.77. The van der Waals surface area contributed by atoms with Gasteiger partial charge in [0, 0.05) is 18.1 Å². The molecule has 2 heteroatoms. The van der Waals surface area contributed by atoms with Gasteiger partial charge < -0.3 is 10.1 Å². The van der Waals surface area contributed by atoms with Gasteiger partial charge in [0.05, 0.1) is 6.10 Å². The van der Waals surface area contributed by atoms with E-state index in [4.69, 9.17) is 4.74 Å². The summed E-state index contributed by atoms with van der Waals surface area (Å²) < 4.78 is 5.82. The summed E-state index contributed by atoms with van der Waals surface area (Å²) in [7, 11) is 0. The van der Waals surface area contributed by atoms with Gasteiger partial charge >= 0.3 is 0 Å². The number of hydrogen-bond donors (Lipinski definition) is 1. The number of nitrogens with one attached hydrogen (secondary N) is 1. The van der Waals surface area contributed by atoms with E-state index in [1.54, 1.807) is 0 Å². The maximum absolute atomic E-state index is 5.82. The molecule has 16 heavy (non-hydrogen) atoms. The van der Waals surface area contributed by atoms with Gasteiger partial charge in [0.1, 0.15) is 0 Å². The predicted molar refractivity (Wildman–Crippen MR) is 67.6 cm³/mol. The first kappa shape index (κ1) is 12.4. The van der Waals surface area contributed by atoms with Crippen molar-refractivity contribution in [1.82, 2.24) is 5.32 Å². The number of hydrogen-bond acceptors (Lipinski definition) is 2. The molecule has 0 aliphatic heterocycles. The third kappa shape index (κ3) is 2.14. The molecule has 0 radical (unpaired) electrons. The monoisotopic (exact) mass is 225 g/mol. The zero-order valence-corrected chi connectivity index (χ0v) is 11.1. The van der Waals surface area contributed by atoms with E-state index in [0.29, 0.717) is 17.6 Å². The summed E-state index contributed by atoms with van der Waals surface area (Å²) in [6.45, 7) is 8.87. The van der Waals surface area contributed by atoms with E-state index in [-0.39, 0.29) is 0 Å². The first-order valence-electron chi connectivity index (χ1n) is 7.05. The minimum absolute atomic E-state index is 0.375.